The SMILES string of the molecule is CCn1c(=NC(=O)c2ccc(C)cc2)sc2cc([N+](=O)[O-])ccc21. The van der Waals surface area contributed by atoms with Crippen LogP contribution < -0.4 is 4.80 Å². The smallest absolute Gasteiger partial charge is 0.279 e. The van der Waals surface area contributed by atoms with E-state index in [2.05, 4.69) is 4.99 Å². The van der Waals surface area contributed by atoms with E-state index in [0.29, 0.717) is 16.9 Å². The number of rotatable bonds is 3. The first-order valence-corrected chi connectivity index (χ1v) is 8.24. The molecule has 0 aliphatic heterocycles. The van der Waals surface area contributed by atoms with E-state index in [1.165, 1.54) is 23.5 Å². The molecule has 1 heterocycles. The quantitative estimate of drug-likeness (QED) is 0.538. The Morgan fingerprint density at radius 2 is 1.96 bits per heavy atom. The van der Waals surface area contributed by atoms with E-state index in [1.54, 1.807) is 18.2 Å². The number of nitrogens with zero attached hydrogens (tertiary/aromatic N) is 3. The minimum Gasteiger partial charge on any atom is -0.317 e. The summed E-state index contributed by atoms with van der Waals surface area (Å²) in [6, 6.07) is 11.9. The maximum Gasteiger partial charge on any atom is 0.279 e. The first kappa shape index (κ1) is 16.1. The first-order valence-electron chi connectivity index (χ1n) is 7.43. The van der Waals surface area contributed by atoms with Crippen LogP contribution in [-0.4, -0.2) is 15.4 Å². The molecule has 0 fully saturated rings. The molecule has 0 saturated carbocycles. The van der Waals surface area contributed by atoms with Crippen LogP contribution >= 0.6 is 11.3 Å². The zero-order valence-corrected chi connectivity index (χ0v) is 14.0. The molecule has 0 bridgehead atoms. The molecule has 0 radical (unpaired) electrons. The third kappa shape index (κ3) is 2.98. The predicted molar refractivity (Wildman–Crippen MR) is 93.2 cm³/mol. The van der Waals surface area contributed by atoms with Crippen molar-refractivity contribution in [3.63, 3.8) is 0 Å². The lowest BCUT2D eigenvalue weighted by molar-refractivity contribution is -0.384. The van der Waals surface area contributed by atoms with Crippen molar-refractivity contribution >= 4 is 33.1 Å². The van der Waals surface area contributed by atoms with Crippen molar-refractivity contribution in [3.8, 4) is 0 Å². The van der Waals surface area contributed by atoms with Gasteiger partial charge in [-0.15, -0.1) is 0 Å². The van der Waals surface area contributed by atoms with Crippen LogP contribution in [0.4, 0.5) is 5.69 Å². The van der Waals surface area contributed by atoms with Crippen LogP contribution in [0, 0.1) is 17.0 Å². The standard InChI is InChI=1S/C17H15N3O3S/c1-3-19-14-9-8-13(20(22)23)10-15(14)24-17(19)18-16(21)12-6-4-11(2)5-7-12/h4-10H,3H2,1-2H3. The minimum absolute atomic E-state index is 0.0309. The second-order valence-corrected chi connectivity index (χ2v) is 6.33. The summed E-state index contributed by atoms with van der Waals surface area (Å²) >= 11 is 1.28. The van der Waals surface area contributed by atoms with Crippen molar-refractivity contribution in [3.05, 3.63) is 68.5 Å². The number of nitro groups is 1. The van der Waals surface area contributed by atoms with Gasteiger partial charge in [-0.3, -0.25) is 14.9 Å². The van der Waals surface area contributed by atoms with Gasteiger partial charge in [-0.05, 0) is 32.0 Å². The van der Waals surface area contributed by atoms with Gasteiger partial charge >= 0.3 is 0 Å². The lowest BCUT2D eigenvalue weighted by Gasteiger charge is -2.00. The average molecular weight is 341 g/mol. The van der Waals surface area contributed by atoms with Gasteiger partial charge in [0.05, 0.1) is 15.1 Å². The largest absolute Gasteiger partial charge is 0.317 e. The number of aryl methyl sites for hydroxylation is 2. The van der Waals surface area contributed by atoms with Crippen LogP contribution in [0.5, 0.6) is 0 Å². The zero-order chi connectivity index (χ0) is 17.3. The van der Waals surface area contributed by atoms with Gasteiger partial charge in [0, 0.05) is 24.2 Å². The Morgan fingerprint density at radius 1 is 1.25 bits per heavy atom. The molecule has 0 saturated heterocycles. The van der Waals surface area contributed by atoms with E-state index in [-0.39, 0.29) is 11.6 Å². The van der Waals surface area contributed by atoms with Gasteiger partial charge in [0.2, 0.25) is 0 Å². The molecule has 1 aromatic heterocycles. The lowest BCUT2D eigenvalue weighted by atomic mass is 10.1. The third-order valence-corrected chi connectivity index (χ3v) is 4.73. The fourth-order valence-electron chi connectivity index (χ4n) is 2.41. The highest BCUT2D eigenvalue weighted by molar-refractivity contribution is 7.16. The Bertz CT molecular complexity index is 1000. The Morgan fingerprint density at radius 3 is 2.58 bits per heavy atom. The second kappa shape index (κ2) is 6.37. The van der Waals surface area contributed by atoms with E-state index >= 15 is 0 Å². The third-order valence-electron chi connectivity index (χ3n) is 3.69. The number of fused-ring (bicyclic) bond motifs is 1. The highest BCUT2D eigenvalue weighted by Gasteiger charge is 2.12. The van der Waals surface area contributed by atoms with Gasteiger partial charge in [-0.25, -0.2) is 0 Å². The summed E-state index contributed by atoms with van der Waals surface area (Å²) in [5, 5.41) is 10.9. The summed E-state index contributed by atoms with van der Waals surface area (Å²) in [4.78, 5) is 27.6. The Balaban J connectivity index is 2.12. The topological polar surface area (TPSA) is 77.5 Å². The van der Waals surface area contributed by atoms with Gasteiger partial charge in [-0.2, -0.15) is 4.99 Å². The summed E-state index contributed by atoms with van der Waals surface area (Å²) in [7, 11) is 0. The van der Waals surface area contributed by atoms with Gasteiger partial charge in [0.1, 0.15) is 0 Å². The molecule has 1 amide bonds. The number of hydrogen-bond acceptors (Lipinski definition) is 4. The summed E-state index contributed by atoms with van der Waals surface area (Å²) in [6.07, 6.45) is 0. The second-order valence-electron chi connectivity index (χ2n) is 5.32. The fraction of sp³-hybridized carbons (Fsp3) is 0.176. The molecule has 0 atom stereocenters. The number of non-ortho nitro benzene ring substituents is 1. The van der Waals surface area contributed by atoms with Crippen molar-refractivity contribution in [2.75, 3.05) is 0 Å². The molecule has 0 aliphatic rings. The highest BCUT2D eigenvalue weighted by atomic mass is 32.1. The number of carbonyl (C=O) groups excluding carboxylic acids is 1. The van der Waals surface area contributed by atoms with E-state index in [9.17, 15) is 14.9 Å². The lowest BCUT2D eigenvalue weighted by Crippen LogP contribution is -2.15. The number of hydrogen-bond donors (Lipinski definition) is 0. The van der Waals surface area contributed by atoms with Crippen LogP contribution in [0.25, 0.3) is 10.2 Å². The number of thiazole rings is 1. The Hall–Kier alpha value is -2.80. The van der Waals surface area contributed by atoms with Gasteiger partial charge in [-0.1, -0.05) is 29.0 Å². The van der Waals surface area contributed by atoms with E-state index in [1.807, 2.05) is 30.5 Å². The molecule has 0 unspecified atom stereocenters. The number of benzene rings is 2. The molecule has 122 valence electrons. The Labute approximate surface area is 141 Å². The molecular formula is C17H15N3O3S. The maximum absolute atomic E-state index is 12.4. The van der Waals surface area contributed by atoms with Crippen LogP contribution in [0.2, 0.25) is 0 Å². The fourth-order valence-corrected chi connectivity index (χ4v) is 3.54. The predicted octanol–water partition coefficient (Wildman–Crippen LogP) is 3.68. The molecule has 24 heavy (non-hydrogen) atoms. The maximum atomic E-state index is 12.4. The first-order chi connectivity index (χ1) is 11.5. The summed E-state index contributed by atoms with van der Waals surface area (Å²) in [6.45, 7) is 4.52. The number of aromatic nitrogens is 1. The number of nitro benzene ring substituents is 1. The van der Waals surface area contributed by atoms with Crippen molar-refractivity contribution in [1.82, 2.24) is 4.57 Å². The Kier molecular flexibility index (Phi) is 4.26. The van der Waals surface area contributed by atoms with Gasteiger partial charge < -0.3 is 4.57 Å². The van der Waals surface area contributed by atoms with Crippen LogP contribution in [0.1, 0.15) is 22.8 Å². The summed E-state index contributed by atoms with van der Waals surface area (Å²) in [5.74, 6) is -0.321. The molecule has 0 aliphatic carbocycles. The molecule has 0 spiro atoms. The zero-order valence-electron chi connectivity index (χ0n) is 13.2. The number of amides is 1. The highest BCUT2D eigenvalue weighted by Crippen LogP contribution is 2.23. The molecule has 7 heteroatoms. The van der Waals surface area contributed by atoms with Crippen LogP contribution in [0.3, 0.4) is 0 Å². The molecule has 0 N–H and O–H groups in total. The van der Waals surface area contributed by atoms with E-state index < -0.39 is 4.92 Å². The molecule has 3 aromatic rings. The van der Waals surface area contributed by atoms with Gasteiger partial charge in [0.15, 0.2) is 4.80 Å². The summed E-state index contributed by atoms with van der Waals surface area (Å²) in [5.41, 5.74) is 2.46. The van der Waals surface area contributed by atoms with Gasteiger partial charge in [0.25, 0.3) is 11.6 Å². The van der Waals surface area contributed by atoms with Crippen LogP contribution in [0.15, 0.2) is 47.5 Å². The summed E-state index contributed by atoms with van der Waals surface area (Å²) < 4.78 is 2.62. The molecule has 6 nitrogen and oxygen atoms in total. The van der Waals surface area contributed by atoms with Crippen molar-refractivity contribution < 1.29 is 9.72 Å². The minimum atomic E-state index is -0.427. The molecule has 3 rings (SSSR count). The average Bonchev–Trinajstić information content (AvgIpc) is 2.91. The van der Waals surface area contributed by atoms with E-state index in [0.717, 1.165) is 15.8 Å². The van der Waals surface area contributed by atoms with Crippen molar-refractivity contribution in [1.29, 1.82) is 0 Å². The van der Waals surface area contributed by atoms with E-state index in [4.69, 9.17) is 0 Å². The number of carbonyl (C=O) groups is 1. The van der Waals surface area contributed by atoms with Crippen molar-refractivity contribution in [2.45, 2.75) is 20.4 Å². The monoisotopic (exact) mass is 341 g/mol. The van der Waals surface area contributed by atoms with Crippen LogP contribution in [-0.2, 0) is 6.54 Å². The van der Waals surface area contributed by atoms with Crippen molar-refractivity contribution in [2.24, 2.45) is 4.99 Å². The molecule has 2 aromatic carbocycles. The normalized spacial score (nSPS) is 11.8. The molecular weight excluding hydrogens is 326 g/mol.